The van der Waals surface area contributed by atoms with Crippen LogP contribution in [0.5, 0.6) is 0 Å². The summed E-state index contributed by atoms with van der Waals surface area (Å²) < 4.78 is 10.9. The molecule has 0 spiro atoms. The molecule has 0 bridgehead atoms. The van der Waals surface area contributed by atoms with Crippen molar-refractivity contribution in [1.82, 2.24) is 0 Å². The van der Waals surface area contributed by atoms with E-state index in [2.05, 4.69) is 5.32 Å². The Morgan fingerprint density at radius 1 is 1.39 bits per heavy atom. The summed E-state index contributed by atoms with van der Waals surface area (Å²) in [6.45, 7) is 0. The van der Waals surface area contributed by atoms with E-state index in [9.17, 15) is 9.00 Å². The molecule has 7 heteroatoms. The van der Waals surface area contributed by atoms with Crippen LogP contribution in [0.25, 0.3) is 0 Å². The number of nitrogens with one attached hydrogen (secondary N) is 1. The van der Waals surface area contributed by atoms with Crippen LogP contribution in [0.1, 0.15) is 12.8 Å². The molecule has 1 amide bonds. The molecule has 4 nitrogen and oxygen atoms in total. The summed E-state index contributed by atoms with van der Waals surface area (Å²) in [7, 11) is -0.889. The number of carbonyl (C=O) groups is 1. The second-order valence-electron chi connectivity index (χ2n) is 3.79. The van der Waals surface area contributed by atoms with Crippen molar-refractivity contribution < 1.29 is 9.00 Å². The minimum Gasteiger partial charge on any atom is -0.399 e. The van der Waals surface area contributed by atoms with E-state index in [1.807, 2.05) is 0 Å². The molecule has 0 aliphatic carbocycles. The normalized spacial score (nSPS) is 12.2. The first-order chi connectivity index (χ1) is 8.40. The highest BCUT2D eigenvalue weighted by molar-refractivity contribution is 7.84. The van der Waals surface area contributed by atoms with Crippen LogP contribution in [-0.2, 0) is 15.6 Å². The molecule has 3 N–H and O–H groups in total. The van der Waals surface area contributed by atoms with E-state index in [0.717, 1.165) is 0 Å². The molecule has 100 valence electrons. The van der Waals surface area contributed by atoms with Gasteiger partial charge in [-0.05, 0) is 18.6 Å². The highest BCUT2D eigenvalue weighted by atomic mass is 35.5. The van der Waals surface area contributed by atoms with Gasteiger partial charge in [-0.15, -0.1) is 0 Å². The van der Waals surface area contributed by atoms with Gasteiger partial charge in [-0.1, -0.05) is 23.2 Å². The minimum atomic E-state index is -0.889. The Balaban J connectivity index is 2.62. The predicted octanol–water partition coefficient (Wildman–Crippen LogP) is 2.67. The SMILES string of the molecule is CS(=O)CCCC(=O)Nc1c(Cl)cc(N)cc1Cl. The van der Waals surface area contributed by atoms with E-state index >= 15 is 0 Å². The lowest BCUT2D eigenvalue weighted by Crippen LogP contribution is -2.13. The third-order valence-corrected chi connectivity index (χ3v) is 3.62. The standard InChI is InChI=1S/C11H14Cl2N2O2S/c1-18(17)4-2-3-10(16)15-11-8(12)5-7(14)6-9(11)13/h5-6H,2-4,14H2,1H3,(H,15,16). The molecule has 1 aromatic carbocycles. The van der Waals surface area contributed by atoms with Gasteiger partial charge in [0, 0.05) is 34.9 Å². The van der Waals surface area contributed by atoms with Crippen molar-refractivity contribution in [2.75, 3.05) is 23.1 Å². The first-order valence-corrected chi connectivity index (χ1v) is 7.73. The summed E-state index contributed by atoms with van der Waals surface area (Å²) >= 11 is 11.9. The van der Waals surface area contributed by atoms with Crippen molar-refractivity contribution in [3.8, 4) is 0 Å². The number of benzene rings is 1. The molecule has 0 aromatic heterocycles. The Labute approximate surface area is 118 Å². The van der Waals surface area contributed by atoms with E-state index in [0.29, 0.717) is 33.6 Å². The molecule has 0 fully saturated rings. The van der Waals surface area contributed by atoms with E-state index in [4.69, 9.17) is 28.9 Å². The van der Waals surface area contributed by atoms with Gasteiger partial charge in [-0.2, -0.15) is 0 Å². The van der Waals surface area contributed by atoms with Crippen LogP contribution >= 0.6 is 23.2 Å². The predicted molar refractivity (Wildman–Crippen MR) is 77.7 cm³/mol. The fourth-order valence-electron chi connectivity index (χ4n) is 1.35. The van der Waals surface area contributed by atoms with E-state index in [1.54, 1.807) is 6.26 Å². The molecule has 0 aliphatic rings. The van der Waals surface area contributed by atoms with Gasteiger partial charge < -0.3 is 11.1 Å². The number of rotatable bonds is 5. The molecule has 0 heterocycles. The van der Waals surface area contributed by atoms with Gasteiger partial charge in [0.1, 0.15) is 0 Å². The largest absolute Gasteiger partial charge is 0.399 e. The first kappa shape index (κ1) is 15.3. The monoisotopic (exact) mass is 308 g/mol. The molecular weight excluding hydrogens is 295 g/mol. The maximum absolute atomic E-state index is 11.6. The number of nitrogen functional groups attached to an aromatic ring is 1. The highest BCUT2D eigenvalue weighted by Gasteiger charge is 2.10. The van der Waals surface area contributed by atoms with Crippen molar-refractivity contribution in [3.63, 3.8) is 0 Å². The Kier molecular flexibility index (Phi) is 5.91. The molecule has 1 aromatic rings. The zero-order valence-electron chi connectivity index (χ0n) is 9.83. The van der Waals surface area contributed by atoms with Crippen LogP contribution in [0, 0.1) is 0 Å². The lowest BCUT2D eigenvalue weighted by atomic mass is 10.2. The summed E-state index contributed by atoms with van der Waals surface area (Å²) in [6.07, 6.45) is 2.43. The van der Waals surface area contributed by atoms with E-state index in [-0.39, 0.29) is 12.3 Å². The second kappa shape index (κ2) is 6.97. The molecule has 0 saturated carbocycles. The van der Waals surface area contributed by atoms with Crippen LogP contribution in [-0.4, -0.2) is 22.1 Å². The number of hydrogen-bond acceptors (Lipinski definition) is 3. The lowest BCUT2D eigenvalue weighted by molar-refractivity contribution is -0.116. The molecule has 1 atom stereocenters. The summed E-state index contributed by atoms with van der Waals surface area (Å²) in [5.74, 6) is 0.283. The highest BCUT2D eigenvalue weighted by Crippen LogP contribution is 2.32. The zero-order valence-corrected chi connectivity index (χ0v) is 12.2. The fourth-order valence-corrected chi connectivity index (χ4v) is 2.50. The average Bonchev–Trinajstić information content (AvgIpc) is 2.22. The Morgan fingerprint density at radius 2 is 1.94 bits per heavy atom. The summed E-state index contributed by atoms with van der Waals surface area (Å²) in [6, 6.07) is 3.04. The van der Waals surface area contributed by atoms with E-state index < -0.39 is 10.8 Å². The third-order valence-electron chi connectivity index (χ3n) is 2.16. The van der Waals surface area contributed by atoms with Gasteiger partial charge in [0.2, 0.25) is 5.91 Å². The van der Waals surface area contributed by atoms with Crippen LogP contribution in [0.4, 0.5) is 11.4 Å². The van der Waals surface area contributed by atoms with Crippen molar-refractivity contribution in [3.05, 3.63) is 22.2 Å². The number of hydrogen-bond donors (Lipinski definition) is 2. The maximum atomic E-state index is 11.6. The van der Waals surface area contributed by atoms with E-state index in [1.165, 1.54) is 12.1 Å². The van der Waals surface area contributed by atoms with Gasteiger partial charge in [-0.25, -0.2) is 0 Å². The zero-order chi connectivity index (χ0) is 13.7. The van der Waals surface area contributed by atoms with Gasteiger partial charge in [0.05, 0.1) is 15.7 Å². The summed E-state index contributed by atoms with van der Waals surface area (Å²) in [4.78, 5) is 11.6. The van der Waals surface area contributed by atoms with Gasteiger partial charge >= 0.3 is 0 Å². The summed E-state index contributed by atoms with van der Waals surface area (Å²) in [5, 5.41) is 3.22. The van der Waals surface area contributed by atoms with Crippen LogP contribution < -0.4 is 11.1 Å². The topological polar surface area (TPSA) is 72.2 Å². The second-order valence-corrected chi connectivity index (χ2v) is 6.16. The molecule has 18 heavy (non-hydrogen) atoms. The Morgan fingerprint density at radius 3 is 2.44 bits per heavy atom. The van der Waals surface area contributed by atoms with Crippen molar-refractivity contribution in [1.29, 1.82) is 0 Å². The van der Waals surface area contributed by atoms with Crippen LogP contribution in [0.3, 0.4) is 0 Å². The third kappa shape index (κ3) is 4.84. The molecular formula is C11H14Cl2N2O2S. The van der Waals surface area contributed by atoms with Gasteiger partial charge in [0.25, 0.3) is 0 Å². The smallest absolute Gasteiger partial charge is 0.224 e. The maximum Gasteiger partial charge on any atom is 0.224 e. The average molecular weight is 309 g/mol. The van der Waals surface area contributed by atoms with Gasteiger partial charge in [-0.3, -0.25) is 9.00 Å². The summed E-state index contributed by atoms with van der Waals surface area (Å²) in [5.41, 5.74) is 6.35. The van der Waals surface area contributed by atoms with Crippen molar-refractivity contribution >= 4 is 51.3 Å². The molecule has 1 rings (SSSR count). The Hall–Kier alpha value is -0.780. The quantitative estimate of drug-likeness (QED) is 0.821. The minimum absolute atomic E-state index is 0.214. The molecule has 0 radical (unpaired) electrons. The number of halogens is 2. The molecule has 0 saturated heterocycles. The van der Waals surface area contributed by atoms with Gasteiger partial charge in [0.15, 0.2) is 0 Å². The molecule has 0 aliphatic heterocycles. The Bertz CT molecular complexity index is 457. The number of carbonyl (C=O) groups excluding carboxylic acids is 1. The first-order valence-electron chi connectivity index (χ1n) is 5.24. The van der Waals surface area contributed by atoms with Crippen LogP contribution in [0.15, 0.2) is 12.1 Å². The van der Waals surface area contributed by atoms with Crippen LogP contribution in [0.2, 0.25) is 10.0 Å². The number of anilines is 2. The van der Waals surface area contributed by atoms with Crippen molar-refractivity contribution in [2.45, 2.75) is 12.8 Å². The van der Waals surface area contributed by atoms with Crippen molar-refractivity contribution in [2.24, 2.45) is 0 Å². The molecule has 1 unspecified atom stereocenters. The number of nitrogens with two attached hydrogens (primary N) is 1. The fraction of sp³-hybridized carbons (Fsp3) is 0.364. The lowest BCUT2D eigenvalue weighted by Gasteiger charge is -2.10. The number of amides is 1.